The van der Waals surface area contributed by atoms with Crippen molar-refractivity contribution in [3.8, 4) is 0 Å². The maximum atomic E-state index is 6.27. The first kappa shape index (κ1) is 14.9. The van der Waals surface area contributed by atoms with Crippen molar-refractivity contribution < 1.29 is 9.47 Å². The summed E-state index contributed by atoms with van der Waals surface area (Å²) in [6, 6.07) is 0. The summed E-state index contributed by atoms with van der Waals surface area (Å²) in [6.45, 7) is 6.04. The number of methoxy groups -OCH3 is 1. The zero-order valence-corrected chi connectivity index (χ0v) is 11.9. The molecule has 0 amide bonds. The Morgan fingerprint density at radius 2 is 2.00 bits per heavy atom. The van der Waals surface area contributed by atoms with Gasteiger partial charge >= 0.3 is 0 Å². The molecule has 1 aliphatic rings. The molecule has 1 aliphatic carbocycles. The van der Waals surface area contributed by atoms with E-state index in [0.29, 0.717) is 6.61 Å². The maximum absolute atomic E-state index is 6.27. The molecule has 0 bridgehead atoms. The van der Waals surface area contributed by atoms with Crippen LogP contribution in [-0.2, 0) is 9.47 Å². The van der Waals surface area contributed by atoms with Gasteiger partial charge in [0.2, 0.25) is 0 Å². The van der Waals surface area contributed by atoms with Crippen molar-refractivity contribution in [1.82, 2.24) is 5.32 Å². The van der Waals surface area contributed by atoms with Gasteiger partial charge in [-0.2, -0.15) is 0 Å². The fraction of sp³-hybridized carbons (Fsp3) is 1.00. The Balaban J connectivity index is 2.51. The van der Waals surface area contributed by atoms with Gasteiger partial charge in [-0.3, -0.25) is 0 Å². The van der Waals surface area contributed by atoms with Crippen LogP contribution in [0.3, 0.4) is 0 Å². The zero-order chi connectivity index (χ0) is 12.7. The van der Waals surface area contributed by atoms with Gasteiger partial charge in [0.1, 0.15) is 0 Å². The molecule has 0 heterocycles. The molecule has 0 aromatic rings. The molecule has 1 fully saturated rings. The first-order chi connectivity index (χ1) is 8.15. The van der Waals surface area contributed by atoms with Crippen molar-refractivity contribution in [2.75, 3.05) is 27.3 Å². The summed E-state index contributed by atoms with van der Waals surface area (Å²) in [6.07, 6.45) is 6.46. The van der Waals surface area contributed by atoms with Gasteiger partial charge in [-0.15, -0.1) is 0 Å². The van der Waals surface area contributed by atoms with E-state index in [1.165, 1.54) is 32.1 Å². The van der Waals surface area contributed by atoms with Crippen LogP contribution in [0.2, 0.25) is 0 Å². The normalized spacial score (nSPS) is 31.4. The lowest BCUT2D eigenvalue weighted by atomic mass is 9.77. The van der Waals surface area contributed by atoms with Crippen molar-refractivity contribution in [2.24, 2.45) is 5.92 Å². The van der Waals surface area contributed by atoms with E-state index >= 15 is 0 Å². The molecular formula is C14H29NO2. The van der Waals surface area contributed by atoms with Gasteiger partial charge in [0, 0.05) is 13.7 Å². The lowest BCUT2D eigenvalue weighted by molar-refractivity contribution is -0.127. The highest BCUT2D eigenvalue weighted by molar-refractivity contribution is 4.89. The number of rotatable bonds is 7. The van der Waals surface area contributed by atoms with E-state index in [1.54, 1.807) is 7.11 Å². The van der Waals surface area contributed by atoms with Crippen molar-refractivity contribution in [3.63, 3.8) is 0 Å². The van der Waals surface area contributed by atoms with E-state index < -0.39 is 0 Å². The Morgan fingerprint density at radius 3 is 2.47 bits per heavy atom. The topological polar surface area (TPSA) is 30.5 Å². The number of hydrogen-bond donors (Lipinski definition) is 1. The first-order valence-corrected chi connectivity index (χ1v) is 6.97. The van der Waals surface area contributed by atoms with E-state index in [9.17, 15) is 0 Å². The van der Waals surface area contributed by atoms with Gasteiger partial charge in [0.05, 0.1) is 18.3 Å². The van der Waals surface area contributed by atoms with Crippen LogP contribution in [0.4, 0.5) is 0 Å². The predicted octanol–water partition coefficient (Wildman–Crippen LogP) is 2.60. The SMILES string of the molecule is CCC1CCC(CNC)(OC(C)COC)CC1. The average molecular weight is 243 g/mol. The molecule has 0 spiro atoms. The Bertz CT molecular complexity index is 200. The summed E-state index contributed by atoms with van der Waals surface area (Å²) < 4.78 is 11.4. The van der Waals surface area contributed by atoms with Crippen molar-refractivity contribution >= 4 is 0 Å². The van der Waals surface area contributed by atoms with Crippen LogP contribution in [0.25, 0.3) is 0 Å². The third-order valence-electron chi connectivity index (χ3n) is 3.95. The molecule has 1 atom stereocenters. The van der Waals surface area contributed by atoms with Gasteiger partial charge in [-0.05, 0) is 45.6 Å². The van der Waals surface area contributed by atoms with E-state index in [0.717, 1.165) is 12.5 Å². The highest BCUT2D eigenvalue weighted by Gasteiger charge is 2.36. The van der Waals surface area contributed by atoms with Crippen molar-refractivity contribution in [1.29, 1.82) is 0 Å². The van der Waals surface area contributed by atoms with Gasteiger partial charge in [-0.1, -0.05) is 13.3 Å². The highest BCUT2D eigenvalue weighted by atomic mass is 16.5. The minimum atomic E-state index is 0.0400. The minimum absolute atomic E-state index is 0.0400. The van der Waals surface area contributed by atoms with Gasteiger partial charge in [0.25, 0.3) is 0 Å². The molecule has 3 heteroatoms. The summed E-state index contributed by atoms with van der Waals surface area (Å²) in [5.41, 5.74) is 0.0400. The predicted molar refractivity (Wildman–Crippen MR) is 71.3 cm³/mol. The van der Waals surface area contributed by atoms with Crippen LogP contribution >= 0.6 is 0 Å². The van der Waals surface area contributed by atoms with E-state index in [-0.39, 0.29) is 11.7 Å². The Hall–Kier alpha value is -0.120. The molecule has 1 N–H and O–H groups in total. The minimum Gasteiger partial charge on any atom is -0.382 e. The summed E-state index contributed by atoms with van der Waals surface area (Å²) in [5.74, 6) is 0.904. The van der Waals surface area contributed by atoms with E-state index in [1.807, 2.05) is 7.05 Å². The highest BCUT2D eigenvalue weighted by Crippen LogP contribution is 2.36. The molecule has 0 saturated heterocycles. The Morgan fingerprint density at radius 1 is 1.35 bits per heavy atom. The zero-order valence-electron chi connectivity index (χ0n) is 11.9. The number of likely N-dealkylation sites (N-methyl/N-ethyl adjacent to an activating group) is 1. The fourth-order valence-electron chi connectivity index (χ4n) is 2.97. The Kier molecular flexibility index (Phi) is 6.45. The summed E-state index contributed by atoms with van der Waals surface area (Å²) in [4.78, 5) is 0. The second-order valence-corrected chi connectivity index (χ2v) is 5.45. The molecule has 17 heavy (non-hydrogen) atoms. The van der Waals surface area contributed by atoms with Crippen LogP contribution in [0.15, 0.2) is 0 Å². The summed E-state index contributed by atoms with van der Waals surface area (Å²) in [7, 11) is 3.75. The number of hydrogen-bond acceptors (Lipinski definition) is 3. The molecular weight excluding hydrogens is 214 g/mol. The largest absolute Gasteiger partial charge is 0.382 e. The number of nitrogens with one attached hydrogen (secondary N) is 1. The monoisotopic (exact) mass is 243 g/mol. The second-order valence-electron chi connectivity index (χ2n) is 5.45. The van der Waals surface area contributed by atoms with Crippen LogP contribution in [-0.4, -0.2) is 39.0 Å². The summed E-state index contributed by atoms with van der Waals surface area (Å²) in [5, 5.41) is 3.29. The molecule has 102 valence electrons. The fourth-order valence-corrected chi connectivity index (χ4v) is 2.97. The summed E-state index contributed by atoms with van der Waals surface area (Å²) >= 11 is 0. The lowest BCUT2D eigenvalue weighted by Gasteiger charge is -2.41. The Labute approximate surface area is 106 Å². The smallest absolute Gasteiger partial charge is 0.0811 e. The molecule has 1 unspecified atom stereocenters. The molecule has 3 nitrogen and oxygen atoms in total. The molecule has 1 saturated carbocycles. The van der Waals surface area contributed by atoms with E-state index in [2.05, 4.69) is 19.2 Å². The van der Waals surface area contributed by atoms with Gasteiger partial charge in [0.15, 0.2) is 0 Å². The third-order valence-corrected chi connectivity index (χ3v) is 3.95. The quantitative estimate of drug-likeness (QED) is 0.745. The van der Waals surface area contributed by atoms with Crippen LogP contribution < -0.4 is 5.32 Å². The molecule has 0 aromatic heterocycles. The average Bonchev–Trinajstić information content (AvgIpc) is 2.30. The van der Waals surface area contributed by atoms with Crippen molar-refractivity contribution in [2.45, 2.75) is 57.7 Å². The first-order valence-electron chi connectivity index (χ1n) is 6.97. The van der Waals surface area contributed by atoms with Crippen molar-refractivity contribution in [3.05, 3.63) is 0 Å². The van der Waals surface area contributed by atoms with Gasteiger partial charge in [-0.25, -0.2) is 0 Å². The maximum Gasteiger partial charge on any atom is 0.0811 e. The van der Waals surface area contributed by atoms with Gasteiger partial charge < -0.3 is 14.8 Å². The molecule has 0 aliphatic heterocycles. The van der Waals surface area contributed by atoms with E-state index in [4.69, 9.17) is 9.47 Å². The third kappa shape index (κ3) is 4.57. The number of ether oxygens (including phenoxy) is 2. The second kappa shape index (κ2) is 7.34. The standard InChI is InChI=1S/C14H29NO2/c1-5-13-6-8-14(9-7-13,11-15-3)17-12(2)10-16-4/h12-13,15H,5-11H2,1-4H3. The van der Waals surface area contributed by atoms with Crippen LogP contribution in [0.5, 0.6) is 0 Å². The lowest BCUT2D eigenvalue weighted by Crippen LogP contribution is -2.47. The molecule has 0 radical (unpaired) electrons. The van der Waals surface area contributed by atoms with Crippen LogP contribution in [0.1, 0.15) is 46.0 Å². The van der Waals surface area contributed by atoms with Crippen LogP contribution in [0, 0.1) is 5.92 Å². The molecule has 0 aromatic carbocycles. The molecule has 1 rings (SSSR count).